The first-order valence-corrected chi connectivity index (χ1v) is 6.72. The molecule has 0 saturated carbocycles. The van der Waals surface area contributed by atoms with Crippen molar-refractivity contribution in [1.82, 2.24) is 0 Å². The highest BCUT2D eigenvalue weighted by atomic mass is 127. The van der Waals surface area contributed by atoms with Crippen LogP contribution >= 0.6 is 22.6 Å². The van der Waals surface area contributed by atoms with Crippen molar-refractivity contribution in [3.05, 3.63) is 51.3 Å². The van der Waals surface area contributed by atoms with Crippen LogP contribution in [0.5, 0.6) is 11.5 Å². The van der Waals surface area contributed by atoms with Gasteiger partial charge in [-0.05, 0) is 52.9 Å². The molecule has 104 valence electrons. The summed E-state index contributed by atoms with van der Waals surface area (Å²) in [5.41, 5.74) is 0.659. The highest BCUT2D eigenvalue weighted by molar-refractivity contribution is 14.1. The number of benzene rings is 2. The number of amides is 1. The quantitative estimate of drug-likeness (QED) is 0.794. The zero-order chi connectivity index (χ0) is 14.7. The van der Waals surface area contributed by atoms with E-state index in [1.54, 1.807) is 12.1 Å². The summed E-state index contributed by atoms with van der Waals surface area (Å²) in [6, 6.07) is 8.41. The molecule has 0 radical (unpaired) electrons. The van der Waals surface area contributed by atoms with Crippen molar-refractivity contribution in [3.63, 3.8) is 0 Å². The summed E-state index contributed by atoms with van der Waals surface area (Å²) in [4.78, 5) is 12.1. The molecule has 1 amide bonds. The molecule has 4 nitrogen and oxygen atoms in total. The van der Waals surface area contributed by atoms with Crippen LogP contribution in [-0.2, 0) is 0 Å². The second kappa shape index (κ2) is 6.08. The van der Waals surface area contributed by atoms with Crippen LogP contribution in [-0.4, -0.2) is 18.1 Å². The minimum absolute atomic E-state index is 0.0318. The highest BCUT2D eigenvalue weighted by Crippen LogP contribution is 2.26. The van der Waals surface area contributed by atoms with E-state index in [1.165, 1.54) is 31.4 Å². The molecule has 20 heavy (non-hydrogen) atoms. The lowest BCUT2D eigenvalue weighted by Crippen LogP contribution is -2.12. The largest absolute Gasteiger partial charge is 0.507 e. The molecule has 0 spiro atoms. The predicted octanol–water partition coefficient (Wildman–Crippen LogP) is 3.40. The Morgan fingerprint density at radius 2 is 2.05 bits per heavy atom. The molecule has 0 aliphatic carbocycles. The summed E-state index contributed by atoms with van der Waals surface area (Å²) < 4.78 is 18.7. The van der Waals surface area contributed by atoms with E-state index >= 15 is 0 Å². The van der Waals surface area contributed by atoms with Gasteiger partial charge < -0.3 is 15.2 Å². The van der Waals surface area contributed by atoms with Crippen LogP contribution < -0.4 is 10.1 Å². The number of phenolic OH excluding ortho intramolecular Hbond substituents is 1. The molecule has 0 unspecified atom stereocenters. The van der Waals surface area contributed by atoms with Crippen LogP contribution in [0.1, 0.15) is 10.4 Å². The Kier molecular flexibility index (Phi) is 4.43. The fourth-order valence-electron chi connectivity index (χ4n) is 1.62. The van der Waals surface area contributed by atoms with Gasteiger partial charge in [0.05, 0.1) is 16.4 Å². The van der Waals surface area contributed by atoms with E-state index in [0.29, 0.717) is 14.8 Å². The lowest BCUT2D eigenvalue weighted by molar-refractivity contribution is 0.102. The maximum absolute atomic E-state index is 13.1. The average Bonchev–Trinajstić information content (AvgIpc) is 2.43. The van der Waals surface area contributed by atoms with Crippen molar-refractivity contribution in [3.8, 4) is 11.5 Å². The number of halogens is 2. The van der Waals surface area contributed by atoms with Gasteiger partial charge >= 0.3 is 0 Å². The second-order valence-electron chi connectivity index (χ2n) is 3.96. The number of ether oxygens (including phenoxy) is 1. The van der Waals surface area contributed by atoms with Crippen molar-refractivity contribution in [2.45, 2.75) is 0 Å². The Labute approximate surface area is 128 Å². The molecule has 0 atom stereocenters. The molecular weight excluding hydrogens is 376 g/mol. The van der Waals surface area contributed by atoms with Gasteiger partial charge in [0, 0.05) is 11.6 Å². The molecule has 2 aromatic rings. The Balaban J connectivity index is 2.25. The van der Waals surface area contributed by atoms with Crippen molar-refractivity contribution >= 4 is 34.2 Å². The van der Waals surface area contributed by atoms with Gasteiger partial charge in [0.2, 0.25) is 0 Å². The standard InChI is InChI=1S/C14H11FINO3/c1-20-13-7-9(15)3-5-11(13)17-14(19)8-2-4-10(16)12(18)6-8/h2-7,18H,1H3,(H,17,19). The molecule has 0 fully saturated rings. The van der Waals surface area contributed by atoms with Gasteiger partial charge in [0.1, 0.15) is 17.3 Å². The topological polar surface area (TPSA) is 58.6 Å². The number of nitrogens with one attached hydrogen (secondary N) is 1. The molecule has 0 heterocycles. The number of hydrogen-bond donors (Lipinski definition) is 2. The summed E-state index contributed by atoms with van der Waals surface area (Å²) in [5, 5.41) is 12.2. The number of carbonyl (C=O) groups excluding carboxylic acids is 1. The SMILES string of the molecule is COc1cc(F)ccc1NC(=O)c1ccc(I)c(O)c1. The van der Waals surface area contributed by atoms with Gasteiger partial charge in [0.25, 0.3) is 5.91 Å². The lowest BCUT2D eigenvalue weighted by atomic mass is 10.2. The third-order valence-corrected chi connectivity index (χ3v) is 3.53. The summed E-state index contributed by atoms with van der Waals surface area (Å²) in [5.74, 6) is -0.606. The number of carbonyl (C=O) groups is 1. The molecule has 0 aliphatic heterocycles. The van der Waals surface area contributed by atoms with Crippen molar-refractivity contribution < 1.29 is 19.0 Å². The zero-order valence-electron chi connectivity index (χ0n) is 10.5. The van der Waals surface area contributed by atoms with Gasteiger partial charge in [-0.1, -0.05) is 0 Å². The molecule has 2 N–H and O–H groups in total. The van der Waals surface area contributed by atoms with Crippen molar-refractivity contribution in [1.29, 1.82) is 0 Å². The van der Waals surface area contributed by atoms with Gasteiger partial charge in [-0.2, -0.15) is 0 Å². The Morgan fingerprint density at radius 1 is 1.30 bits per heavy atom. The van der Waals surface area contributed by atoms with Gasteiger partial charge in [-0.3, -0.25) is 4.79 Å². The van der Waals surface area contributed by atoms with E-state index in [1.807, 2.05) is 22.6 Å². The van der Waals surface area contributed by atoms with E-state index in [-0.39, 0.29) is 11.5 Å². The van der Waals surface area contributed by atoms with E-state index in [0.717, 1.165) is 0 Å². The summed E-state index contributed by atoms with van der Waals surface area (Å²) in [7, 11) is 1.39. The smallest absolute Gasteiger partial charge is 0.255 e. The zero-order valence-corrected chi connectivity index (χ0v) is 12.6. The molecule has 6 heteroatoms. The minimum atomic E-state index is -0.452. The number of phenols is 1. The fraction of sp³-hybridized carbons (Fsp3) is 0.0714. The molecule has 2 aromatic carbocycles. The molecule has 0 bridgehead atoms. The molecule has 0 aromatic heterocycles. The second-order valence-corrected chi connectivity index (χ2v) is 5.13. The van der Waals surface area contributed by atoms with Crippen LogP contribution in [0.25, 0.3) is 0 Å². The third kappa shape index (κ3) is 3.19. The van der Waals surface area contributed by atoms with E-state index in [9.17, 15) is 14.3 Å². The Bertz CT molecular complexity index is 661. The van der Waals surface area contributed by atoms with Crippen LogP contribution in [0.2, 0.25) is 0 Å². The average molecular weight is 387 g/mol. The third-order valence-electron chi connectivity index (χ3n) is 2.62. The first-order chi connectivity index (χ1) is 9.51. The van der Waals surface area contributed by atoms with E-state index in [4.69, 9.17) is 4.74 Å². The van der Waals surface area contributed by atoms with Crippen molar-refractivity contribution in [2.75, 3.05) is 12.4 Å². The van der Waals surface area contributed by atoms with Crippen LogP contribution in [0.15, 0.2) is 36.4 Å². The van der Waals surface area contributed by atoms with Crippen molar-refractivity contribution in [2.24, 2.45) is 0 Å². The van der Waals surface area contributed by atoms with Crippen LogP contribution in [0.3, 0.4) is 0 Å². The lowest BCUT2D eigenvalue weighted by Gasteiger charge is -2.10. The predicted molar refractivity (Wildman–Crippen MR) is 81.7 cm³/mol. The molecule has 2 rings (SSSR count). The van der Waals surface area contributed by atoms with E-state index in [2.05, 4.69) is 5.32 Å². The Morgan fingerprint density at radius 3 is 2.70 bits per heavy atom. The minimum Gasteiger partial charge on any atom is -0.507 e. The maximum Gasteiger partial charge on any atom is 0.255 e. The van der Waals surface area contributed by atoms with Crippen LogP contribution in [0.4, 0.5) is 10.1 Å². The Hall–Kier alpha value is -1.83. The normalized spacial score (nSPS) is 10.2. The highest BCUT2D eigenvalue weighted by Gasteiger charge is 2.12. The molecule has 0 aliphatic rings. The van der Waals surface area contributed by atoms with E-state index < -0.39 is 11.7 Å². The van der Waals surface area contributed by atoms with Gasteiger partial charge in [-0.25, -0.2) is 4.39 Å². The number of anilines is 1. The fourth-order valence-corrected chi connectivity index (χ4v) is 1.95. The summed E-state index contributed by atoms with van der Waals surface area (Å²) in [6.45, 7) is 0. The number of aromatic hydroxyl groups is 1. The molecular formula is C14H11FINO3. The summed E-state index contributed by atoms with van der Waals surface area (Å²) >= 11 is 1.96. The first-order valence-electron chi connectivity index (χ1n) is 5.64. The number of hydrogen-bond acceptors (Lipinski definition) is 3. The van der Waals surface area contributed by atoms with Gasteiger partial charge in [0.15, 0.2) is 0 Å². The van der Waals surface area contributed by atoms with Gasteiger partial charge in [-0.15, -0.1) is 0 Å². The first kappa shape index (κ1) is 14.6. The monoisotopic (exact) mass is 387 g/mol. The maximum atomic E-state index is 13.1. The number of rotatable bonds is 3. The number of methoxy groups -OCH3 is 1. The molecule has 0 saturated heterocycles. The summed E-state index contributed by atoms with van der Waals surface area (Å²) in [6.07, 6.45) is 0. The van der Waals surface area contributed by atoms with Crippen LogP contribution in [0, 0.1) is 9.39 Å².